The van der Waals surface area contributed by atoms with Gasteiger partial charge in [-0.2, -0.15) is 0 Å². The molecule has 0 radical (unpaired) electrons. The minimum Gasteiger partial charge on any atom is -0.511 e. The normalized spacial score (nSPS) is 11.9. The van der Waals surface area contributed by atoms with E-state index in [1.165, 1.54) is 48.0 Å². The van der Waals surface area contributed by atoms with Crippen molar-refractivity contribution in [3.63, 3.8) is 0 Å². The molecule has 1 aromatic heterocycles. The fraction of sp³-hybridized carbons (Fsp3) is 0.133. The summed E-state index contributed by atoms with van der Waals surface area (Å²) in [5, 5.41) is 11.7. The summed E-state index contributed by atoms with van der Waals surface area (Å²) in [5.74, 6) is -1.47. The van der Waals surface area contributed by atoms with Crippen LogP contribution in [0.1, 0.15) is 39.2 Å². The van der Waals surface area contributed by atoms with E-state index in [-0.39, 0.29) is 17.8 Å². The topological polar surface area (TPSA) is 115 Å². The third-order valence-corrected chi connectivity index (χ3v) is 6.66. The summed E-state index contributed by atoms with van der Waals surface area (Å²) in [5.41, 5.74) is 1.99. The highest BCUT2D eigenvalue weighted by atomic mass is 35.5. The van der Waals surface area contributed by atoms with Crippen molar-refractivity contribution in [3.8, 4) is 16.9 Å². The summed E-state index contributed by atoms with van der Waals surface area (Å²) in [6, 6.07) is 20.2. The molecule has 4 aromatic rings. The van der Waals surface area contributed by atoms with Crippen molar-refractivity contribution in [2.45, 2.75) is 24.7 Å². The Kier molecular flexibility index (Phi) is 9.12. The summed E-state index contributed by atoms with van der Waals surface area (Å²) < 4.78 is 7.61. The standard InChI is InChI=1S/C30H28B3ClN2O6/c1-17(37)22-12-9-20(34)14-23(22)24-15-27(38)36(16-26(24)42-30(31,32)33)25(13-18-5-3-2-4-6-18)28(39)35-21-10-7-19(8-11-21)29(40)41/h2-12,14-16,25H,13,31-33H2,1H3,(H,35,39)(H,40,41)/t25-/m1/s1. The Morgan fingerprint density at radius 3 is 2.24 bits per heavy atom. The number of carboxylic acids is 1. The molecule has 1 amide bonds. The number of aromatic nitrogens is 1. The van der Waals surface area contributed by atoms with Crippen LogP contribution in [0.5, 0.6) is 5.75 Å². The third kappa shape index (κ3) is 7.41. The number of nitrogens with zero attached hydrogens (tertiary/aromatic N) is 1. The molecule has 4 rings (SSSR count). The van der Waals surface area contributed by atoms with Gasteiger partial charge in [0.15, 0.2) is 5.78 Å². The van der Waals surface area contributed by atoms with Gasteiger partial charge in [-0.05, 0) is 60.5 Å². The zero-order chi connectivity index (χ0) is 30.6. The fourth-order valence-electron chi connectivity index (χ4n) is 4.52. The maximum absolute atomic E-state index is 13.7. The molecule has 0 aliphatic heterocycles. The smallest absolute Gasteiger partial charge is 0.335 e. The van der Waals surface area contributed by atoms with Gasteiger partial charge in [0, 0.05) is 39.6 Å². The first-order chi connectivity index (χ1) is 19.8. The van der Waals surface area contributed by atoms with Gasteiger partial charge in [0.2, 0.25) is 5.91 Å². The van der Waals surface area contributed by atoms with E-state index in [1.807, 2.05) is 53.9 Å². The minimum absolute atomic E-state index is 0.0792. The highest BCUT2D eigenvalue weighted by molar-refractivity contribution is 6.58. The number of ether oxygens (including phenoxy) is 1. The summed E-state index contributed by atoms with van der Waals surface area (Å²) in [6.45, 7) is 1.43. The molecule has 1 heterocycles. The van der Waals surface area contributed by atoms with Gasteiger partial charge >= 0.3 is 5.97 Å². The molecule has 2 N–H and O–H groups in total. The number of carboxylic acid groups (broad SMARTS) is 1. The molecule has 1 atom stereocenters. The quantitative estimate of drug-likeness (QED) is 0.220. The molecule has 0 spiro atoms. The molecular formula is C30H28B3ClN2O6. The van der Waals surface area contributed by atoms with Gasteiger partial charge in [-0.15, -0.1) is 0 Å². The number of hydrogen-bond donors (Lipinski definition) is 2. The van der Waals surface area contributed by atoms with Gasteiger partial charge in [0.05, 0.1) is 11.8 Å². The van der Waals surface area contributed by atoms with E-state index in [9.17, 15) is 24.3 Å². The lowest BCUT2D eigenvalue weighted by Crippen LogP contribution is -2.39. The Morgan fingerprint density at radius 2 is 1.64 bits per heavy atom. The van der Waals surface area contributed by atoms with Crippen molar-refractivity contribution in [1.29, 1.82) is 0 Å². The van der Waals surface area contributed by atoms with Crippen LogP contribution in [0.25, 0.3) is 11.1 Å². The van der Waals surface area contributed by atoms with Crippen molar-refractivity contribution >= 4 is 58.5 Å². The lowest BCUT2D eigenvalue weighted by Gasteiger charge is -2.27. The summed E-state index contributed by atoms with van der Waals surface area (Å²) in [4.78, 5) is 51.2. The molecule has 0 aliphatic rings. The van der Waals surface area contributed by atoms with E-state index in [2.05, 4.69) is 5.32 Å². The Morgan fingerprint density at radius 1 is 0.976 bits per heavy atom. The number of rotatable bonds is 10. The zero-order valence-corrected chi connectivity index (χ0v) is 24.4. The monoisotopic (exact) mass is 580 g/mol. The van der Waals surface area contributed by atoms with E-state index in [1.54, 1.807) is 18.2 Å². The first-order valence-corrected chi connectivity index (χ1v) is 13.6. The molecule has 42 heavy (non-hydrogen) atoms. The second-order valence-electron chi connectivity index (χ2n) is 10.8. The van der Waals surface area contributed by atoms with Gasteiger partial charge in [-0.3, -0.25) is 19.0 Å². The number of carbonyl (C=O) groups is 3. The fourth-order valence-corrected chi connectivity index (χ4v) is 4.69. The molecule has 210 valence electrons. The van der Waals surface area contributed by atoms with Gasteiger partial charge in [-0.25, -0.2) is 4.79 Å². The Hall–Kier alpha value is -4.50. The molecule has 12 heteroatoms. The number of anilines is 1. The second kappa shape index (κ2) is 12.6. The Balaban J connectivity index is 1.86. The van der Waals surface area contributed by atoms with Crippen LogP contribution in [-0.4, -0.2) is 56.2 Å². The lowest BCUT2D eigenvalue weighted by atomic mass is 9.52. The first kappa shape index (κ1) is 30.5. The van der Waals surface area contributed by atoms with E-state index in [0.717, 1.165) is 5.56 Å². The van der Waals surface area contributed by atoms with Crippen LogP contribution in [-0.2, 0) is 11.2 Å². The van der Waals surface area contributed by atoms with E-state index in [4.69, 9.17) is 16.3 Å². The average molecular weight is 580 g/mol. The molecule has 0 bridgehead atoms. The number of carbonyl (C=O) groups excluding carboxylic acids is 2. The largest absolute Gasteiger partial charge is 0.511 e. The van der Waals surface area contributed by atoms with Crippen LogP contribution in [0, 0.1) is 0 Å². The highest BCUT2D eigenvalue weighted by Crippen LogP contribution is 2.35. The van der Waals surface area contributed by atoms with Gasteiger partial charge in [0.25, 0.3) is 5.56 Å². The number of Topliss-reactive ketones (excluding diaryl/α,β-unsaturated/α-hetero) is 1. The Labute approximate surface area is 250 Å². The van der Waals surface area contributed by atoms with Crippen LogP contribution in [0.2, 0.25) is 5.02 Å². The SMILES string of the molecule is BC(B)(B)Oc1cn([C@H](Cc2ccccc2)C(=O)Nc2ccc(C(=O)O)cc2)c(=O)cc1-c1cc(Cl)ccc1C(C)=O. The summed E-state index contributed by atoms with van der Waals surface area (Å²) in [7, 11) is 5.56. The van der Waals surface area contributed by atoms with Crippen LogP contribution in [0.4, 0.5) is 5.69 Å². The molecule has 3 aromatic carbocycles. The highest BCUT2D eigenvalue weighted by Gasteiger charge is 2.27. The molecule has 0 saturated carbocycles. The third-order valence-electron chi connectivity index (χ3n) is 6.42. The molecule has 0 aliphatic carbocycles. The van der Waals surface area contributed by atoms with Crippen molar-refractivity contribution < 1.29 is 24.2 Å². The van der Waals surface area contributed by atoms with E-state index in [0.29, 0.717) is 33.1 Å². The molecule has 8 nitrogen and oxygen atoms in total. The van der Waals surface area contributed by atoms with E-state index < -0.39 is 28.8 Å². The van der Waals surface area contributed by atoms with Crippen LogP contribution < -0.4 is 15.6 Å². The van der Waals surface area contributed by atoms with Gasteiger partial charge in [-0.1, -0.05) is 41.9 Å². The number of amides is 1. The van der Waals surface area contributed by atoms with Crippen LogP contribution in [0.15, 0.2) is 89.9 Å². The average Bonchev–Trinajstić information content (AvgIpc) is 2.92. The van der Waals surface area contributed by atoms with Crippen molar-refractivity contribution in [1.82, 2.24) is 4.57 Å². The predicted molar refractivity (Wildman–Crippen MR) is 171 cm³/mol. The van der Waals surface area contributed by atoms with Crippen molar-refractivity contribution in [2.75, 3.05) is 5.32 Å². The first-order valence-electron chi connectivity index (χ1n) is 13.3. The summed E-state index contributed by atoms with van der Waals surface area (Å²) >= 11 is 6.29. The molecule has 0 unspecified atom stereocenters. The maximum Gasteiger partial charge on any atom is 0.335 e. The number of pyridine rings is 1. The van der Waals surface area contributed by atoms with E-state index >= 15 is 0 Å². The molecule has 0 saturated heterocycles. The lowest BCUT2D eigenvalue weighted by molar-refractivity contribution is -0.119. The molecule has 0 fully saturated rings. The number of aromatic carboxylic acids is 1. The van der Waals surface area contributed by atoms with Gasteiger partial charge in [0.1, 0.15) is 35.3 Å². The number of benzene rings is 3. The maximum atomic E-state index is 13.7. The zero-order valence-electron chi connectivity index (χ0n) is 23.7. The summed E-state index contributed by atoms with van der Waals surface area (Å²) in [6.07, 6.45) is 1.68. The predicted octanol–water partition coefficient (Wildman–Crippen LogP) is 2.38. The minimum atomic E-state index is -1.08. The van der Waals surface area contributed by atoms with Crippen LogP contribution in [0.3, 0.4) is 0 Å². The Bertz CT molecular complexity index is 1700. The molecular weight excluding hydrogens is 552 g/mol. The number of halogens is 1. The number of nitrogens with one attached hydrogen (secondary N) is 1. The van der Waals surface area contributed by atoms with Gasteiger partial charge < -0.3 is 15.2 Å². The number of hydrogen-bond acceptors (Lipinski definition) is 5. The second-order valence-corrected chi connectivity index (χ2v) is 11.3. The van der Waals surface area contributed by atoms with Crippen molar-refractivity contribution in [3.05, 3.63) is 117 Å². The van der Waals surface area contributed by atoms with Crippen LogP contribution >= 0.6 is 11.6 Å². The number of ketones is 1. The van der Waals surface area contributed by atoms with Crippen molar-refractivity contribution in [2.24, 2.45) is 0 Å².